The lowest BCUT2D eigenvalue weighted by Crippen LogP contribution is -2.11. The number of nitrogen functional groups attached to an aromatic ring is 1. The summed E-state index contributed by atoms with van der Waals surface area (Å²) in [6.07, 6.45) is -4.54. The fraction of sp³-hybridized carbons (Fsp3) is 0.0769. The summed E-state index contributed by atoms with van der Waals surface area (Å²) in [7, 11) is 0. The Bertz CT molecular complexity index is 780. The first-order valence-corrected chi connectivity index (χ1v) is 6.51. The third kappa shape index (κ3) is 2.20. The molecule has 0 atom stereocenters. The van der Waals surface area contributed by atoms with Crippen LogP contribution in [0.3, 0.4) is 0 Å². The van der Waals surface area contributed by atoms with Gasteiger partial charge in [0, 0.05) is 21.0 Å². The van der Waals surface area contributed by atoms with Gasteiger partial charge in [-0.2, -0.15) is 13.2 Å². The number of aromatic nitrogens is 2. The van der Waals surface area contributed by atoms with Crippen molar-refractivity contribution in [2.75, 3.05) is 5.73 Å². The minimum atomic E-state index is -4.54. The molecule has 0 unspecified atom stereocenters. The summed E-state index contributed by atoms with van der Waals surface area (Å²) in [5.74, 6) is -0.384. The van der Waals surface area contributed by atoms with Crippen LogP contribution < -0.4 is 5.73 Å². The summed E-state index contributed by atoms with van der Waals surface area (Å²) in [5, 5.41) is 2.62. The van der Waals surface area contributed by atoms with E-state index >= 15 is 0 Å². The maximum atomic E-state index is 12.8. The molecule has 0 fully saturated rings. The van der Waals surface area contributed by atoms with Crippen molar-refractivity contribution in [3.8, 4) is 11.3 Å². The van der Waals surface area contributed by atoms with Gasteiger partial charge in [-0.3, -0.25) is 0 Å². The number of hydrogen-bond donors (Lipinski definition) is 1. The predicted octanol–water partition coefficient (Wildman–Crippen LogP) is 3.96. The molecule has 3 nitrogen and oxygen atoms in total. The molecule has 102 valence electrons. The number of hydrogen-bond acceptors (Lipinski definition) is 4. The standard InChI is InChI=1S/C13H8F3N3S/c14-13(15,16)11-5-9(18-12(17)19-11)8-6-20-10-4-2-1-3-7(8)10/h1-6H,(H2,17,18,19). The van der Waals surface area contributed by atoms with E-state index in [9.17, 15) is 13.2 Å². The maximum absolute atomic E-state index is 12.8. The van der Waals surface area contributed by atoms with Gasteiger partial charge in [-0.1, -0.05) is 18.2 Å². The van der Waals surface area contributed by atoms with Crippen molar-refractivity contribution >= 4 is 27.4 Å². The molecule has 3 aromatic rings. The molecule has 0 bridgehead atoms. The van der Waals surface area contributed by atoms with Gasteiger partial charge in [-0.05, 0) is 12.1 Å². The van der Waals surface area contributed by atoms with Gasteiger partial charge in [0.15, 0.2) is 5.69 Å². The zero-order valence-corrected chi connectivity index (χ0v) is 10.8. The average molecular weight is 295 g/mol. The van der Waals surface area contributed by atoms with E-state index in [4.69, 9.17) is 5.73 Å². The second kappa shape index (κ2) is 4.45. The molecule has 0 saturated carbocycles. The molecule has 2 N–H and O–H groups in total. The number of halogens is 3. The van der Waals surface area contributed by atoms with Crippen LogP contribution in [0, 0.1) is 0 Å². The second-order valence-corrected chi connectivity index (χ2v) is 5.05. The van der Waals surface area contributed by atoms with E-state index in [1.165, 1.54) is 11.3 Å². The summed E-state index contributed by atoms with van der Waals surface area (Å²) < 4.78 is 39.3. The van der Waals surface area contributed by atoms with Crippen molar-refractivity contribution in [2.45, 2.75) is 6.18 Å². The van der Waals surface area contributed by atoms with Crippen LogP contribution in [0.5, 0.6) is 0 Å². The van der Waals surface area contributed by atoms with E-state index in [2.05, 4.69) is 9.97 Å². The average Bonchev–Trinajstić information content (AvgIpc) is 2.80. The molecule has 0 aliphatic rings. The van der Waals surface area contributed by atoms with Crippen LogP contribution in [0.4, 0.5) is 19.1 Å². The Morgan fingerprint density at radius 1 is 1.10 bits per heavy atom. The number of anilines is 1. The van der Waals surface area contributed by atoms with Crippen molar-refractivity contribution in [2.24, 2.45) is 0 Å². The Morgan fingerprint density at radius 3 is 2.60 bits per heavy atom. The molecule has 3 rings (SSSR count). The van der Waals surface area contributed by atoms with Gasteiger partial charge in [0.25, 0.3) is 0 Å². The first kappa shape index (κ1) is 12.9. The highest BCUT2D eigenvalue weighted by atomic mass is 32.1. The number of thiophene rings is 1. The number of alkyl halides is 3. The number of nitrogens with two attached hydrogens (primary N) is 1. The molecule has 2 aromatic heterocycles. The largest absolute Gasteiger partial charge is 0.433 e. The molecule has 0 radical (unpaired) electrons. The lowest BCUT2D eigenvalue weighted by atomic mass is 10.1. The zero-order chi connectivity index (χ0) is 14.3. The van der Waals surface area contributed by atoms with Gasteiger partial charge in [-0.25, -0.2) is 9.97 Å². The highest BCUT2D eigenvalue weighted by Gasteiger charge is 2.33. The first-order chi connectivity index (χ1) is 9.45. The monoisotopic (exact) mass is 295 g/mol. The highest BCUT2D eigenvalue weighted by Crippen LogP contribution is 2.35. The molecule has 20 heavy (non-hydrogen) atoms. The van der Waals surface area contributed by atoms with Crippen LogP contribution in [-0.2, 0) is 6.18 Å². The number of fused-ring (bicyclic) bond motifs is 1. The fourth-order valence-corrected chi connectivity index (χ4v) is 2.88. The van der Waals surface area contributed by atoms with Gasteiger partial charge in [0.2, 0.25) is 5.95 Å². The Morgan fingerprint density at radius 2 is 1.85 bits per heavy atom. The molecule has 0 spiro atoms. The van der Waals surface area contributed by atoms with E-state index in [1.807, 2.05) is 24.3 Å². The number of benzene rings is 1. The van der Waals surface area contributed by atoms with Crippen LogP contribution in [0.1, 0.15) is 5.69 Å². The molecule has 0 aliphatic carbocycles. The molecule has 2 heterocycles. The van der Waals surface area contributed by atoms with Crippen LogP contribution >= 0.6 is 11.3 Å². The summed E-state index contributed by atoms with van der Waals surface area (Å²) in [5.41, 5.74) is 5.17. The SMILES string of the molecule is Nc1nc(-c2csc3ccccc23)cc(C(F)(F)F)n1. The summed E-state index contributed by atoms with van der Waals surface area (Å²) in [4.78, 5) is 7.15. The summed E-state index contributed by atoms with van der Waals surface area (Å²) in [6, 6.07) is 8.36. The third-order valence-electron chi connectivity index (χ3n) is 2.79. The van der Waals surface area contributed by atoms with Gasteiger partial charge < -0.3 is 5.73 Å². The maximum Gasteiger partial charge on any atom is 0.433 e. The van der Waals surface area contributed by atoms with Crippen LogP contribution in [-0.4, -0.2) is 9.97 Å². The van der Waals surface area contributed by atoms with E-state index < -0.39 is 11.9 Å². The Balaban J connectivity index is 2.22. The lowest BCUT2D eigenvalue weighted by Gasteiger charge is -2.08. The number of nitrogens with zero attached hydrogens (tertiary/aromatic N) is 2. The van der Waals surface area contributed by atoms with E-state index in [0.29, 0.717) is 5.56 Å². The van der Waals surface area contributed by atoms with E-state index in [1.54, 1.807) is 5.38 Å². The predicted molar refractivity (Wildman–Crippen MR) is 72.3 cm³/mol. The molecule has 0 saturated heterocycles. The van der Waals surface area contributed by atoms with Crippen molar-refractivity contribution in [1.82, 2.24) is 9.97 Å². The molecule has 0 amide bonds. The quantitative estimate of drug-likeness (QED) is 0.739. The first-order valence-electron chi connectivity index (χ1n) is 5.63. The lowest BCUT2D eigenvalue weighted by molar-refractivity contribution is -0.141. The Kier molecular flexibility index (Phi) is 2.86. The van der Waals surface area contributed by atoms with Crippen molar-refractivity contribution in [3.05, 3.63) is 41.4 Å². The second-order valence-electron chi connectivity index (χ2n) is 4.14. The molecule has 0 aliphatic heterocycles. The van der Waals surface area contributed by atoms with Crippen LogP contribution in [0.25, 0.3) is 21.3 Å². The van der Waals surface area contributed by atoms with Crippen molar-refractivity contribution < 1.29 is 13.2 Å². The normalized spacial score (nSPS) is 11.9. The minimum absolute atomic E-state index is 0.183. The topological polar surface area (TPSA) is 51.8 Å². The van der Waals surface area contributed by atoms with Gasteiger partial charge in [0.05, 0.1) is 5.69 Å². The molecule has 7 heteroatoms. The minimum Gasteiger partial charge on any atom is -0.368 e. The fourth-order valence-electron chi connectivity index (χ4n) is 1.93. The van der Waals surface area contributed by atoms with E-state index in [-0.39, 0.29) is 11.6 Å². The molecular formula is C13H8F3N3S. The van der Waals surface area contributed by atoms with Gasteiger partial charge in [-0.15, -0.1) is 11.3 Å². The van der Waals surface area contributed by atoms with Crippen LogP contribution in [0.15, 0.2) is 35.7 Å². The van der Waals surface area contributed by atoms with E-state index in [0.717, 1.165) is 16.2 Å². The summed E-state index contributed by atoms with van der Waals surface area (Å²) >= 11 is 1.45. The number of rotatable bonds is 1. The van der Waals surface area contributed by atoms with Crippen LogP contribution in [0.2, 0.25) is 0 Å². The summed E-state index contributed by atoms with van der Waals surface area (Å²) in [6.45, 7) is 0. The van der Waals surface area contributed by atoms with Crippen molar-refractivity contribution in [3.63, 3.8) is 0 Å². The third-order valence-corrected chi connectivity index (χ3v) is 3.75. The molecule has 1 aromatic carbocycles. The highest BCUT2D eigenvalue weighted by molar-refractivity contribution is 7.17. The zero-order valence-electron chi connectivity index (χ0n) is 9.98. The Labute approximate surface area is 115 Å². The Hall–Kier alpha value is -2.15. The molecular weight excluding hydrogens is 287 g/mol. The van der Waals surface area contributed by atoms with Gasteiger partial charge in [0.1, 0.15) is 0 Å². The smallest absolute Gasteiger partial charge is 0.368 e. The van der Waals surface area contributed by atoms with Crippen molar-refractivity contribution in [1.29, 1.82) is 0 Å². The van der Waals surface area contributed by atoms with Gasteiger partial charge >= 0.3 is 6.18 Å².